The standard InChI is InChI=1S/C37H47N7O5/c1-4-5-6-7-8-9-13-18-28(39-36(47)49-25-26-16-11-10-12-17-26)24-44-34(46)32-33(43(3)37(44)48)41-35(42(32)2)40-31(45)22-21-27-23-38-30-20-15-14-19-29(27)30/h10-12,14-17,19-20,23,28,38H,4-9,13,18,21-22,24-25H2,1-3H3,(H,39,47)(H,40,41,45). The third-order valence-electron chi connectivity index (χ3n) is 9.00. The van der Waals surface area contributed by atoms with Gasteiger partial charge in [-0.3, -0.25) is 24.0 Å². The quantitative estimate of drug-likeness (QED) is 0.105. The van der Waals surface area contributed by atoms with Crippen LogP contribution in [-0.2, 0) is 43.2 Å². The molecule has 3 aromatic heterocycles. The van der Waals surface area contributed by atoms with Crippen molar-refractivity contribution in [2.75, 3.05) is 5.32 Å². The number of hydrogen-bond donors (Lipinski definition) is 3. The summed E-state index contributed by atoms with van der Waals surface area (Å²) in [6.07, 6.45) is 10.3. The fourth-order valence-corrected chi connectivity index (χ4v) is 6.20. The molecule has 0 aliphatic carbocycles. The van der Waals surface area contributed by atoms with Crippen molar-refractivity contribution >= 4 is 40.0 Å². The van der Waals surface area contributed by atoms with Crippen molar-refractivity contribution in [2.24, 2.45) is 14.1 Å². The summed E-state index contributed by atoms with van der Waals surface area (Å²) in [6, 6.07) is 16.8. The molecule has 0 aliphatic rings. The van der Waals surface area contributed by atoms with E-state index in [1.165, 1.54) is 28.4 Å². The lowest BCUT2D eigenvalue weighted by atomic mass is 10.0. The lowest BCUT2D eigenvalue weighted by Gasteiger charge is -2.20. The van der Waals surface area contributed by atoms with E-state index in [4.69, 9.17) is 4.74 Å². The zero-order valence-corrected chi connectivity index (χ0v) is 28.7. The maximum Gasteiger partial charge on any atom is 0.407 e. The van der Waals surface area contributed by atoms with Crippen LogP contribution in [0, 0.1) is 0 Å². The molecule has 1 atom stereocenters. The summed E-state index contributed by atoms with van der Waals surface area (Å²) in [5.41, 5.74) is 2.14. The molecule has 5 rings (SSSR count). The number of nitrogens with zero attached hydrogens (tertiary/aromatic N) is 4. The number of aromatic nitrogens is 5. The Morgan fingerprint density at radius 3 is 2.41 bits per heavy atom. The number of alkyl carbamates (subject to hydrolysis) is 1. The molecule has 1 unspecified atom stereocenters. The van der Waals surface area contributed by atoms with E-state index >= 15 is 0 Å². The van der Waals surface area contributed by atoms with Gasteiger partial charge in [-0.25, -0.2) is 9.59 Å². The molecule has 3 N–H and O–H groups in total. The number of amides is 2. The molecule has 0 radical (unpaired) electrons. The summed E-state index contributed by atoms with van der Waals surface area (Å²) in [5, 5.41) is 6.78. The van der Waals surface area contributed by atoms with E-state index in [0.29, 0.717) is 12.8 Å². The molecule has 3 heterocycles. The first-order valence-electron chi connectivity index (χ1n) is 17.2. The molecular weight excluding hydrogens is 622 g/mol. The van der Waals surface area contributed by atoms with Crippen molar-refractivity contribution in [3.05, 3.63) is 92.8 Å². The average Bonchev–Trinajstić information content (AvgIpc) is 3.67. The van der Waals surface area contributed by atoms with Gasteiger partial charge in [-0.1, -0.05) is 100 Å². The van der Waals surface area contributed by atoms with E-state index < -0.39 is 23.4 Å². The first kappa shape index (κ1) is 35.2. The predicted octanol–water partition coefficient (Wildman–Crippen LogP) is 5.92. The van der Waals surface area contributed by atoms with Crippen LogP contribution >= 0.6 is 0 Å². The average molecular weight is 670 g/mol. The highest BCUT2D eigenvalue weighted by Crippen LogP contribution is 2.20. The number of aryl methyl sites for hydroxylation is 3. The fraction of sp³-hybridized carbons (Fsp3) is 0.432. The fourth-order valence-electron chi connectivity index (χ4n) is 6.20. The van der Waals surface area contributed by atoms with Crippen molar-refractivity contribution in [2.45, 2.75) is 90.3 Å². The maximum atomic E-state index is 13.9. The molecule has 5 aromatic rings. The van der Waals surface area contributed by atoms with Crippen molar-refractivity contribution in [1.82, 2.24) is 29.0 Å². The van der Waals surface area contributed by atoms with Crippen molar-refractivity contribution in [1.29, 1.82) is 0 Å². The summed E-state index contributed by atoms with van der Waals surface area (Å²) in [4.78, 5) is 60.9. The second-order valence-corrected chi connectivity index (χ2v) is 12.6. The van der Waals surface area contributed by atoms with Crippen LogP contribution in [0.3, 0.4) is 0 Å². The van der Waals surface area contributed by atoms with E-state index in [-0.39, 0.29) is 42.6 Å². The minimum atomic E-state index is -0.610. The van der Waals surface area contributed by atoms with Crippen LogP contribution in [0.1, 0.15) is 75.8 Å². The van der Waals surface area contributed by atoms with Gasteiger partial charge in [0, 0.05) is 37.6 Å². The van der Waals surface area contributed by atoms with Gasteiger partial charge in [0.2, 0.25) is 11.9 Å². The van der Waals surface area contributed by atoms with Gasteiger partial charge in [-0.15, -0.1) is 0 Å². The van der Waals surface area contributed by atoms with Gasteiger partial charge in [0.25, 0.3) is 5.56 Å². The molecular formula is C37H47N7O5. The van der Waals surface area contributed by atoms with Gasteiger partial charge in [-0.2, -0.15) is 4.98 Å². The smallest absolute Gasteiger partial charge is 0.407 e. The zero-order chi connectivity index (χ0) is 34.8. The lowest BCUT2D eigenvalue weighted by molar-refractivity contribution is -0.116. The number of carbonyl (C=O) groups is 2. The number of hydrogen-bond acceptors (Lipinski definition) is 6. The summed E-state index contributed by atoms with van der Waals surface area (Å²) in [5.74, 6) is -0.0898. The highest BCUT2D eigenvalue weighted by Gasteiger charge is 2.23. The van der Waals surface area contributed by atoms with E-state index in [9.17, 15) is 19.2 Å². The lowest BCUT2D eigenvalue weighted by Crippen LogP contribution is -2.46. The maximum absolute atomic E-state index is 13.9. The van der Waals surface area contributed by atoms with Crippen LogP contribution < -0.4 is 21.9 Å². The number of rotatable bonds is 17. The summed E-state index contributed by atoms with van der Waals surface area (Å²) in [7, 11) is 3.18. The first-order chi connectivity index (χ1) is 23.8. The SMILES string of the molecule is CCCCCCCCCC(Cn1c(=O)c2c(nc(NC(=O)CCc3c[nH]c4ccccc34)n2C)n(C)c1=O)NC(=O)OCc1ccccc1. The number of H-pyrrole nitrogens is 1. The number of carbonyl (C=O) groups excluding carboxylic acids is 2. The number of anilines is 1. The number of benzene rings is 2. The summed E-state index contributed by atoms with van der Waals surface area (Å²) in [6.45, 7) is 2.26. The van der Waals surface area contributed by atoms with E-state index in [0.717, 1.165) is 52.3 Å². The molecule has 0 bridgehead atoms. The van der Waals surface area contributed by atoms with Crippen LogP contribution in [0.2, 0.25) is 0 Å². The van der Waals surface area contributed by atoms with E-state index in [2.05, 4.69) is 27.5 Å². The highest BCUT2D eigenvalue weighted by molar-refractivity contribution is 5.91. The van der Waals surface area contributed by atoms with Gasteiger partial charge >= 0.3 is 11.8 Å². The topological polar surface area (TPSA) is 145 Å². The minimum Gasteiger partial charge on any atom is -0.445 e. The Hall–Kier alpha value is -5.13. The highest BCUT2D eigenvalue weighted by atomic mass is 16.5. The molecule has 2 aromatic carbocycles. The summed E-state index contributed by atoms with van der Waals surface area (Å²) >= 11 is 0. The van der Waals surface area contributed by atoms with Crippen LogP contribution in [-0.4, -0.2) is 41.7 Å². The number of nitrogens with one attached hydrogen (secondary N) is 3. The molecule has 0 fully saturated rings. The molecule has 0 spiro atoms. The van der Waals surface area contributed by atoms with Gasteiger partial charge in [-0.05, 0) is 30.0 Å². The van der Waals surface area contributed by atoms with E-state index in [1.54, 1.807) is 14.1 Å². The first-order valence-corrected chi connectivity index (χ1v) is 17.2. The molecule has 12 heteroatoms. The molecule has 0 saturated carbocycles. The molecule has 0 saturated heterocycles. The van der Waals surface area contributed by atoms with Gasteiger partial charge in [0.15, 0.2) is 11.2 Å². The van der Waals surface area contributed by atoms with Gasteiger partial charge in [0.05, 0.1) is 12.6 Å². The predicted molar refractivity (Wildman–Crippen MR) is 192 cm³/mol. The molecule has 12 nitrogen and oxygen atoms in total. The Morgan fingerprint density at radius 2 is 1.63 bits per heavy atom. The molecule has 49 heavy (non-hydrogen) atoms. The largest absolute Gasteiger partial charge is 0.445 e. The number of para-hydroxylation sites is 1. The zero-order valence-electron chi connectivity index (χ0n) is 28.7. The van der Waals surface area contributed by atoms with Gasteiger partial charge in [0.1, 0.15) is 6.61 Å². The van der Waals surface area contributed by atoms with Crippen LogP contribution in [0.5, 0.6) is 0 Å². The second-order valence-electron chi connectivity index (χ2n) is 12.6. The summed E-state index contributed by atoms with van der Waals surface area (Å²) < 4.78 is 9.41. The normalized spacial score (nSPS) is 12.0. The van der Waals surface area contributed by atoms with Crippen molar-refractivity contribution < 1.29 is 14.3 Å². The Morgan fingerprint density at radius 1 is 0.918 bits per heavy atom. The monoisotopic (exact) mass is 669 g/mol. The molecule has 260 valence electrons. The van der Waals surface area contributed by atoms with Crippen LogP contribution in [0.15, 0.2) is 70.4 Å². The Balaban J connectivity index is 1.30. The molecule has 0 aliphatic heterocycles. The number of aromatic amines is 1. The molecule has 2 amide bonds. The Bertz CT molecular complexity index is 1990. The van der Waals surface area contributed by atoms with Crippen molar-refractivity contribution in [3.8, 4) is 0 Å². The van der Waals surface area contributed by atoms with Crippen molar-refractivity contribution in [3.63, 3.8) is 0 Å². The number of imidazole rings is 1. The van der Waals surface area contributed by atoms with E-state index in [1.807, 2.05) is 60.8 Å². The Labute approximate surface area is 285 Å². The number of fused-ring (bicyclic) bond motifs is 2. The van der Waals surface area contributed by atoms with Gasteiger partial charge < -0.3 is 19.6 Å². The second kappa shape index (κ2) is 16.8. The Kier molecular flexibility index (Phi) is 12.1. The minimum absolute atomic E-state index is 0.0325. The van der Waals surface area contributed by atoms with Crippen LogP contribution in [0.25, 0.3) is 22.1 Å². The third kappa shape index (κ3) is 8.87. The number of ether oxygens (including phenoxy) is 1. The van der Waals surface area contributed by atoms with Crippen LogP contribution in [0.4, 0.5) is 10.7 Å². The number of unbranched alkanes of at least 4 members (excludes halogenated alkanes) is 6. The third-order valence-corrected chi connectivity index (χ3v) is 9.00.